The van der Waals surface area contributed by atoms with Crippen LogP contribution in [-0.2, 0) is 4.79 Å². The zero-order valence-electron chi connectivity index (χ0n) is 10.2. The molecule has 1 aromatic rings. The van der Waals surface area contributed by atoms with Crippen molar-refractivity contribution in [1.29, 1.82) is 5.41 Å². The van der Waals surface area contributed by atoms with Gasteiger partial charge in [-0.25, -0.2) is 0 Å². The quantitative estimate of drug-likeness (QED) is 0.359. The van der Waals surface area contributed by atoms with Gasteiger partial charge >= 0.3 is 0 Å². The van der Waals surface area contributed by atoms with Gasteiger partial charge in [-0.05, 0) is 12.5 Å². The zero-order chi connectivity index (χ0) is 13.7. The van der Waals surface area contributed by atoms with E-state index < -0.39 is 11.9 Å². The van der Waals surface area contributed by atoms with E-state index in [1.807, 2.05) is 0 Å². The van der Waals surface area contributed by atoms with Crippen LogP contribution >= 0.6 is 0 Å². The van der Waals surface area contributed by atoms with Gasteiger partial charge in [0.05, 0.1) is 6.21 Å². The molecule has 0 bridgehead atoms. The van der Waals surface area contributed by atoms with Crippen molar-refractivity contribution in [3.05, 3.63) is 35.4 Å². The SMILES string of the molecule is CC(=O)c1ccc(C=NN(C(=N)N)C(C)=O)cc1. The second kappa shape index (κ2) is 5.72. The molecule has 0 radical (unpaired) electrons. The van der Waals surface area contributed by atoms with Crippen LogP contribution in [0.2, 0.25) is 0 Å². The Hall–Kier alpha value is -2.50. The molecule has 0 aliphatic rings. The third-order valence-corrected chi connectivity index (χ3v) is 2.17. The number of Topliss-reactive ketones (excluding diaryl/α,β-unsaturated/α-hetero) is 1. The largest absolute Gasteiger partial charge is 0.368 e. The molecule has 0 aromatic heterocycles. The van der Waals surface area contributed by atoms with Crippen LogP contribution in [0, 0.1) is 5.41 Å². The van der Waals surface area contributed by atoms with Gasteiger partial charge in [-0.2, -0.15) is 10.1 Å². The van der Waals surface area contributed by atoms with Gasteiger partial charge in [0.2, 0.25) is 11.9 Å². The summed E-state index contributed by atoms with van der Waals surface area (Å²) in [5.74, 6) is -0.911. The summed E-state index contributed by atoms with van der Waals surface area (Å²) in [7, 11) is 0. The lowest BCUT2D eigenvalue weighted by atomic mass is 10.1. The molecule has 0 saturated heterocycles. The van der Waals surface area contributed by atoms with Crippen LogP contribution in [-0.4, -0.2) is 28.9 Å². The highest BCUT2D eigenvalue weighted by molar-refractivity contribution is 5.96. The van der Waals surface area contributed by atoms with Crippen molar-refractivity contribution in [2.75, 3.05) is 0 Å². The Morgan fingerprint density at radius 2 is 1.83 bits per heavy atom. The van der Waals surface area contributed by atoms with E-state index in [4.69, 9.17) is 11.1 Å². The number of guanidine groups is 1. The first kappa shape index (κ1) is 13.6. The first-order valence-electron chi connectivity index (χ1n) is 5.21. The van der Waals surface area contributed by atoms with E-state index in [0.717, 1.165) is 5.01 Å². The Bertz CT molecular complexity index is 491. The van der Waals surface area contributed by atoms with E-state index >= 15 is 0 Å². The maximum Gasteiger partial charge on any atom is 0.246 e. The minimum Gasteiger partial charge on any atom is -0.368 e. The van der Waals surface area contributed by atoms with Crippen LogP contribution in [0.1, 0.15) is 29.8 Å². The summed E-state index contributed by atoms with van der Waals surface area (Å²) < 4.78 is 0. The summed E-state index contributed by atoms with van der Waals surface area (Å²) in [4.78, 5) is 22.2. The van der Waals surface area contributed by atoms with Crippen molar-refractivity contribution in [2.24, 2.45) is 10.8 Å². The Morgan fingerprint density at radius 3 is 2.22 bits per heavy atom. The molecule has 0 unspecified atom stereocenters. The molecule has 0 atom stereocenters. The minimum atomic E-state index is -0.445. The van der Waals surface area contributed by atoms with Gasteiger partial charge < -0.3 is 5.73 Å². The number of benzene rings is 1. The summed E-state index contributed by atoms with van der Waals surface area (Å²) in [6, 6.07) is 6.71. The predicted molar refractivity (Wildman–Crippen MR) is 68.5 cm³/mol. The van der Waals surface area contributed by atoms with Crippen molar-refractivity contribution in [2.45, 2.75) is 13.8 Å². The van der Waals surface area contributed by atoms with Gasteiger partial charge in [-0.15, -0.1) is 0 Å². The smallest absolute Gasteiger partial charge is 0.246 e. The number of amides is 1. The van der Waals surface area contributed by atoms with Crippen LogP contribution in [0.15, 0.2) is 29.4 Å². The third kappa shape index (κ3) is 3.51. The number of ketones is 1. The molecular formula is C12H14N4O2. The number of hydrazone groups is 1. The number of nitrogens with zero attached hydrogens (tertiary/aromatic N) is 2. The highest BCUT2D eigenvalue weighted by Gasteiger charge is 2.08. The predicted octanol–water partition coefficient (Wildman–Crippen LogP) is 0.965. The average molecular weight is 246 g/mol. The van der Waals surface area contributed by atoms with Crippen molar-refractivity contribution in [3.63, 3.8) is 0 Å². The molecule has 1 amide bonds. The minimum absolute atomic E-state index is 0.0208. The van der Waals surface area contributed by atoms with E-state index in [9.17, 15) is 9.59 Å². The number of hydrogen-bond acceptors (Lipinski definition) is 4. The molecule has 6 nitrogen and oxygen atoms in total. The second-order valence-electron chi connectivity index (χ2n) is 3.64. The number of carbonyl (C=O) groups is 2. The molecule has 1 rings (SSSR count). The van der Waals surface area contributed by atoms with Crippen LogP contribution in [0.3, 0.4) is 0 Å². The number of hydrogen-bond donors (Lipinski definition) is 2. The topological polar surface area (TPSA) is 99.6 Å². The molecular weight excluding hydrogens is 232 g/mol. The van der Waals surface area contributed by atoms with Gasteiger partial charge in [0, 0.05) is 12.5 Å². The average Bonchev–Trinajstić information content (AvgIpc) is 2.28. The van der Waals surface area contributed by atoms with E-state index in [1.165, 1.54) is 20.1 Å². The highest BCUT2D eigenvalue weighted by atomic mass is 16.2. The molecule has 6 heteroatoms. The summed E-state index contributed by atoms with van der Waals surface area (Å²) in [6.45, 7) is 2.74. The summed E-state index contributed by atoms with van der Waals surface area (Å²) >= 11 is 0. The van der Waals surface area contributed by atoms with Gasteiger partial charge in [0.15, 0.2) is 5.78 Å². The zero-order valence-corrected chi connectivity index (χ0v) is 10.2. The fourth-order valence-corrected chi connectivity index (χ4v) is 1.24. The Labute approximate surface area is 105 Å². The molecule has 0 aliphatic heterocycles. The van der Waals surface area contributed by atoms with Crippen molar-refractivity contribution in [1.82, 2.24) is 5.01 Å². The maximum atomic E-state index is 11.1. The molecule has 0 saturated carbocycles. The fourth-order valence-electron chi connectivity index (χ4n) is 1.24. The van der Waals surface area contributed by atoms with E-state index in [-0.39, 0.29) is 5.78 Å². The van der Waals surface area contributed by atoms with Gasteiger partial charge in [-0.3, -0.25) is 15.0 Å². The molecule has 3 N–H and O–H groups in total. The normalized spacial score (nSPS) is 10.3. The number of nitrogens with two attached hydrogens (primary N) is 1. The summed E-state index contributed by atoms with van der Waals surface area (Å²) in [5, 5.41) is 11.7. The Balaban J connectivity index is 2.86. The lowest BCUT2D eigenvalue weighted by molar-refractivity contribution is -0.125. The van der Waals surface area contributed by atoms with Crippen molar-refractivity contribution in [3.8, 4) is 0 Å². The summed E-state index contributed by atoms with van der Waals surface area (Å²) in [5.41, 5.74) is 6.50. The molecule has 1 aromatic carbocycles. The monoisotopic (exact) mass is 246 g/mol. The van der Waals surface area contributed by atoms with Crippen LogP contribution in [0.4, 0.5) is 0 Å². The molecule has 94 valence electrons. The number of rotatable bonds is 3. The molecule has 0 heterocycles. The van der Waals surface area contributed by atoms with Crippen LogP contribution in [0.25, 0.3) is 0 Å². The number of carbonyl (C=O) groups excluding carboxylic acids is 2. The first-order chi connectivity index (χ1) is 8.41. The Kier molecular flexibility index (Phi) is 4.31. The van der Waals surface area contributed by atoms with Crippen LogP contribution < -0.4 is 5.73 Å². The summed E-state index contributed by atoms with van der Waals surface area (Å²) in [6.07, 6.45) is 1.40. The molecule has 0 fully saturated rings. The second-order valence-corrected chi connectivity index (χ2v) is 3.64. The van der Waals surface area contributed by atoms with Gasteiger partial charge in [-0.1, -0.05) is 24.3 Å². The maximum absolute atomic E-state index is 11.1. The third-order valence-electron chi connectivity index (χ3n) is 2.17. The van der Waals surface area contributed by atoms with Crippen molar-refractivity contribution >= 4 is 23.9 Å². The molecule has 0 aliphatic carbocycles. The molecule has 18 heavy (non-hydrogen) atoms. The standard InChI is InChI=1S/C12H14N4O2/c1-8(17)11-5-3-10(4-6-11)7-15-16(9(2)18)12(13)14/h3-7H,1-2H3,(H3,13,14). The van der Waals surface area contributed by atoms with E-state index in [2.05, 4.69) is 5.10 Å². The lowest BCUT2D eigenvalue weighted by Gasteiger charge is -2.11. The first-order valence-corrected chi connectivity index (χ1v) is 5.21. The van der Waals surface area contributed by atoms with Gasteiger partial charge in [0.25, 0.3) is 0 Å². The Morgan fingerprint density at radius 1 is 1.28 bits per heavy atom. The van der Waals surface area contributed by atoms with Crippen molar-refractivity contribution < 1.29 is 9.59 Å². The highest BCUT2D eigenvalue weighted by Crippen LogP contribution is 2.03. The van der Waals surface area contributed by atoms with E-state index in [1.54, 1.807) is 24.3 Å². The van der Waals surface area contributed by atoms with Gasteiger partial charge in [0.1, 0.15) is 0 Å². The number of nitrogens with one attached hydrogen (secondary N) is 1. The van der Waals surface area contributed by atoms with E-state index in [0.29, 0.717) is 11.1 Å². The fraction of sp³-hybridized carbons (Fsp3) is 0.167. The molecule has 0 spiro atoms. The lowest BCUT2D eigenvalue weighted by Crippen LogP contribution is -2.35. The van der Waals surface area contributed by atoms with Crippen LogP contribution in [0.5, 0.6) is 0 Å².